The number of ether oxygens (including phenoxy) is 1. The van der Waals surface area contributed by atoms with Crippen LogP contribution in [0, 0.1) is 0 Å². The van der Waals surface area contributed by atoms with E-state index in [1.165, 1.54) is 18.9 Å². The lowest BCUT2D eigenvalue weighted by Gasteiger charge is -2.22. The van der Waals surface area contributed by atoms with Gasteiger partial charge in [-0.1, -0.05) is 17.8 Å². The summed E-state index contributed by atoms with van der Waals surface area (Å²) in [7, 11) is 1.51. The Labute approximate surface area is 138 Å². The summed E-state index contributed by atoms with van der Waals surface area (Å²) in [6.07, 6.45) is 0. The molecule has 0 aliphatic carbocycles. The Kier molecular flexibility index (Phi) is 3.97. The van der Waals surface area contributed by atoms with E-state index in [9.17, 15) is 9.90 Å². The predicted octanol–water partition coefficient (Wildman–Crippen LogP) is 3.36. The maximum Gasteiger partial charge on any atom is 0.271 e. The van der Waals surface area contributed by atoms with Gasteiger partial charge in [0.25, 0.3) is 5.56 Å². The number of H-pyrrole nitrogens is 1. The molecule has 0 spiro atoms. The average Bonchev–Trinajstić information content (AvgIpc) is 2.84. The monoisotopic (exact) mass is 333 g/mol. The summed E-state index contributed by atoms with van der Waals surface area (Å²) < 4.78 is 6.98. The molecule has 1 aliphatic heterocycles. The highest BCUT2D eigenvalue weighted by Crippen LogP contribution is 2.45. The van der Waals surface area contributed by atoms with Crippen molar-refractivity contribution < 1.29 is 9.84 Å². The largest absolute Gasteiger partial charge is 0.504 e. The SMILES string of the molecule is COc1cc([C@H]2SC(C)=Nc3c2c(=O)[nH]n3C(C)C)ccc1O. The maximum absolute atomic E-state index is 12.5. The zero-order chi connectivity index (χ0) is 16.7. The number of hydrogen-bond acceptors (Lipinski definition) is 5. The number of aromatic nitrogens is 2. The Hall–Kier alpha value is -2.15. The third kappa shape index (κ3) is 2.65. The number of phenols is 1. The van der Waals surface area contributed by atoms with Gasteiger partial charge in [-0.15, -0.1) is 0 Å². The molecule has 1 atom stereocenters. The summed E-state index contributed by atoms with van der Waals surface area (Å²) in [6.45, 7) is 5.93. The number of benzene rings is 1. The number of phenolic OH excluding ortho intramolecular Hbond substituents is 1. The van der Waals surface area contributed by atoms with Gasteiger partial charge in [0.05, 0.1) is 23.0 Å². The average molecular weight is 333 g/mol. The van der Waals surface area contributed by atoms with E-state index in [1.807, 2.05) is 26.8 Å². The molecule has 2 N–H and O–H groups in total. The lowest BCUT2D eigenvalue weighted by atomic mass is 10.1. The first-order valence-electron chi connectivity index (χ1n) is 7.35. The molecule has 0 fully saturated rings. The van der Waals surface area contributed by atoms with E-state index in [0.29, 0.717) is 17.1 Å². The molecule has 3 rings (SSSR count). The molecule has 1 aromatic heterocycles. The fourth-order valence-electron chi connectivity index (χ4n) is 2.67. The highest BCUT2D eigenvalue weighted by molar-refractivity contribution is 8.14. The maximum atomic E-state index is 12.5. The fraction of sp³-hybridized carbons (Fsp3) is 0.375. The number of rotatable bonds is 3. The van der Waals surface area contributed by atoms with Gasteiger partial charge in [0.2, 0.25) is 0 Å². The van der Waals surface area contributed by atoms with Crippen LogP contribution in [0.2, 0.25) is 0 Å². The van der Waals surface area contributed by atoms with Crippen molar-refractivity contribution in [2.45, 2.75) is 32.1 Å². The van der Waals surface area contributed by atoms with Gasteiger partial charge in [0.1, 0.15) is 0 Å². The highest BCUT2D eigenvalue weighted by Gasteiger charge is 2.31. The summed E-state index contributed by atoms with van der Waals surface area (Å²) in [5.74, 6) is 1.15. The number of aromatic amines is 1. The molecule has 2 heterocycles. The van der Waals surface area contributed by atoms with Gasteiger partial charge in [-0.3, -0.25) is 14.6 Å². The van der Waals surface area contributed by atoms with Crippen molar-refractivity contribution >= 4 is 22.6 Å². The van der Waals surface area contributed by atoms with Crippen LogP contribution >= 0.6 is 11.8 Å². The molecule has 6 nitrogen and oxygen atoms in total. The van der Waals surface area contributed by atoms with Gasteiger partial charge < -0.3 is 9.84 Å². The van der Waals surface area contributed by atoms with Crippen molar-refractivity contribution in [1.29, 1.82) is 0 Å². The minimum absolute atomic E-state index is 0.0799. The summed E-state index contributed by atoms with van der Waals surface area (Å²) in [5, 5.41) is 13.4. The third-order valence-corrected chi connectivity index (χ3v) is 4.95. The topological polar surface area (TPSA) is 79.6 Å². The Balaban J connectivity index is 2.17. The van der Waals surface area contributed by atoms with Gasteiger partial charge in [0.15, 0.2) is 17.3 Å². The second kappa shape index (κ2) is 5.81. The number of aromatic hydroxyl groups is 1. The second-order valence-electron chi connectivity index (χ2n) is 5.70. The number of thioether (sulfide) groups is 1. The van der Waals surface area contributed by atoms with E-state index < -0.39 is 0 Å². The lowest BCUT2D eigenvalue weighted by molar-refractivity contribution is 0.373. The Morgan fingerprint density at radius 3 is 2.83 bits per heavy atom. The number of aliphatic imine (C=N–C) groups is 1. The molecule has 7 heteroatoms. The van der Waals surface area contributed by atoms with E-state index in [4.69, 9.17) is 4.74 Å². The molecule has 0 saturated carbocycles. The molecule has 0 radical (unpaired) electrons. The van der Waals surface area contributed by atoms with E-state index in [-0.39, 0.29) is 22.6 Å². The van der Waals surface area contributed by atoms with Gasteiger partial charge in [-0.2, -0.15) is 0 Å². The molecule has 122 valence electrons. The van der Waals surface area contributed by atoms with Crippen LogP contribution in [0.4, 0.5) is 5.82 Å². The zero-order valence-corrected chi connectivity index (χ0v) is 14.3. The normalized spacial score (nSPS) is 17.1. The van der Waals surface area contributed by atoms with Crippen LogP contribution in [0.15, 0.2) is 28.0 Å². The van der Waals surface area contributed by atoms with Crippen molar-refractivity contribution in [3.05, 3.63) is 39.7 Å². The molecule has 0 saturated heterocycles. The van der Waals surface area contributed by atoms with Crippen LogP contribution < -0.4 is 10.3 Å². The van der Waals surface area contributed by atoms with Gasteiger partial charge >= 0.3 is 0 Å². The summed E-state index contributed by atoms with van der Waals surface area (Å²) in [4.78, 5) is 17.0. The number of methoxy groups -OCH3 is 1. The molecule has 2 aromatic rings. The van der Waals surface area contributed by atoms with Crippen molar-refractivity contribution in [2.75, 3.05) is 7.11 Å². The van der Waals surface area contributed by atoms with Crippen LogP contribution in [0.5, 0.6) is 11.5 Å². The summed E-state index contributed by atoms with van der Waals surface area (Å²) >= 11 is 1.53. The first-order chi connectivity index (χ1) is 10.9. The van der Waals surface area contributed by atoms with Crippen LogP contribution in [0.1, 0.15) is 43.2 Å². The molecule has 0 unspecified atom stereocenters. The standard InChI is InChI=1S/C16H19N3O3S/c1-8(2)19-15-13(16(21)18-19)14(23-9(3)17-15)10-5-6-11(20)12(7-10)22-4/h5-8,14,20H,1-4H3,(H,18,21)/t14-/m1/s1. The fourth-order valence-corrected chi connectivity index (χ4v) is 3.77. The van der Waals surface area contributed by atoms with Crippen molar-refractivity contribution in [3.63, 3.8) is 0 Å². The first-order valence-corrected chi connectivity index (χ1v) is 8.23. The van der Waals surface area contributed by atoms with Gasteiger partial charge in [-0.25, -0.2) is 4.99 Å². The molecule has 1 aliphatic rings. The van der Waals surface area contributed by atoms with Crippen molar-refractivity contribution in [1.82, 2.24) is 9.78 Å². The van der Waals surface area contributed by atoms with Crippen molar-refractivity contribution in [3.8, 4) is 11.5 Å². The van der Waals surface area contributed by atoms with Crippen LogP contribution in [-0.2, 0) is 0 Å². The quantitative estimate of drug-likeness (QED) is 0.902. The third-order valence-electron chi connectivity index (χ3n) is 3.77. The van der Waals surface area contributed by atoms with Crippen LogP contribution in [0.25, 0.3) is 0 Å². The number of hydrogen-bond donors (Lipinski definition) is 2. The zero-order valence-electron chi connectivity index (χ0n) is 13.5. The van der Waals surface area contributed by atoms with Crippen molar-refractivity contribution in [2.24, 2.45) is 4.99 Å². The van der Waals surface area contributed by atoms with E-state index in [0.717, 1.165) is 10.6 Å². The Morgan fingerprint density at radius 2 is 2.17 bits per heavy atom. The number of nitrogens with zero attached hydrogens (tertiary/aromatic N) is 2. The summed E-state index contributed by atoms with van der Waals surface area (Å²) in [5.41, 5.74) is 1.41. The van der Waals surface area contributed by atoms with E-state index >= 15 is 0 Å². The first kappa shape index (κ1) is 15.7. The lowest BCUT2D eigenvalue weighted by Crippen LogP contribution is -2.13. The minimum Gasteiger partial charge on any atom is -0.504 e. The molecular weight excluding hydrogens is 314 g/mol. The molecule has 0 amide bonds. The summed E-state index contributed by atoms with van der Waals surface area (Å²) in [6, 6.07) is 5.27. The van der Waals surface area contributed by atoms with E-state index in [2.05, 4.69) is 10.1 Å². The van der Waals surface area contributed by atoms with Gasteiger partial charge in [-0.05, 0) is 38.5 Å². The van der Waals surface area contributed by atoms with Crippen LogP contribution in [-0.4, -0.2) is 27.0 Å². The minimum atomic E-state index is -0.180. The number of nitrogens with one attached hydrogen (secondary N) is 1. The number of fused-ring (bicyclic) bond motifs is 1. The van der Waals surface area contributed by atoms with Gasteiger partial charge in [0, 0.05) is 6.04 Å². The Morgan fingerprint density at radius 1 is 1.43 bits per heavy atom. The molecule has 0 bridgehead atoms. The second-order valence-corrected chi connectivity index (χ2v) is 7.00. The predicted molar refractivity (Wildman–Crippen MR) is 92.3 cm³/mol. The smallest absolute Gasteiger partial charge is 0.271 e. The molecule has 1 aromatic carbocycles. The van der Waals surface area contributed by atoms with E-state index in [1.54, 1.807) is 16.8 Å². The van der Waals surface area contributed by atoms with Crippen LogP contribution in [0.3, 0.4) is 0 Å². The molecule has 23 heavy (non-hydrogen) atoms. The Bertz CT molecular complexity index is 836. The molecular formula is C16H19N3O3S. The highest BCUT2D eigenvalue weighted by atomic mass is 32.2.